The first-order valence-electron chi connectivity index (χ1n) is 6.80. The van der Waals surface area contributed by atoms with E-state index in [4.69, 9.17) is 10.5 Å². The predicted octanol–water partition coefficient (Wildman–Crippen LogP) is -0.466. The summed E-state index contributed by atoms with van der Waals surface area (Å²) in [5, 5.41) is 10.7. The number of ether oxygens (including phenoxy) is 1. The number of nitrogens with zero attached hydrogens (tertiary/aromatic N) is 3. The first-order chi connectivity index (χ1) is 9.28. The highest BCUT2D eigenvalue weighted by Crippen LogP contribution is 2.38. The lowest BCUT2D eigenvalue weighted by Gasteiger charge is -2.18. The number of carbonyl (C=O) groups excluding carboxylic acids is 1. The van der Waals surface area contributed by atoms with Gasteiger partial charge in [-0.05, 0) is 25.2 Å². The van der Waals surface area contributed by atoms with E-state index in [2.05, 4.69) is 15.6 Å². The van der Waals surface area contributed by atoms with Gasteiger partial charge in [0.05, 0.1) is 24.9 Å². The molecule has 19 heavy (non-hydrogen) atoms. The van der Waals surface area contributed by atoms with Crippen LogP contribution in [0.5, 0.6) is 0 Å². The van der Waals surface area contributed by atoms with Crippen molar-refractivity contribution in [3.8, 4) is 0 Å². The van der Waals surface area contributed by atoms with Crippen molar-refractivity contribution in [3.05, 3.63) is 11.9 Å². The SMILES string of the molecule is NCCn1cc(C(=O)NC2CCOC2C2CC2)nn1. The summed E-state index contributed by atoms with van der Waals surface area (Å²) in [4.78, 5) is 12.1. The summed E-state index contributed by atoms with van der Waals surface area (Å²) in [6, 6.07) is 0.111. The molecule has 2 heterocycles. The molecule has 1 saturated heterocycles. The molecule has 0 bridgehead atoms. The average molecular weight is 265 g/mol. The smallest absolute Gasteiger partial charge is 0.273 e. The number of nitrogens with two attached hydrogens (primary N) is 1. The third-order valence-corrected chi connectivity index (χ3v) is 3.67. The second-order valence-electron chi connectivity index (χ2n) is 5.20. The molecule has 2 fully saturated rings. The van der Waals surface area contributed by atoms with Crippen LogP contribution in [0.3, 0.4) is 0 Å². The normalized spacial score (nSPS) is 26.6. The Morgan fingerprint density at radius 3 is 3.11 bits per heavy atom. The lowest BCUT2D eigenvalue weighted by atomic mass is 10.1. The zero-order valence-corrected chi connectivity index (χ0v) is 10.8. The lowest BCUT2D eigenvalue weighted by molar-refractivity contribution is 0.0727. The quantitative estimate of drug-likeness (QED) is 0.750. The molecule has 1 aromatic heterocycles. The van der Waals surface area contributed by atoms with Crippen molar-refractivity contribution >= 4 is 5.91 Å². The summed E-state index contributed by atoms with van der Waals surface area (Å²) in [7, 11) is 0. The highest BCUT2D eigenvalue weighted by molar-refractivity contribution is 5.92. The number of rotatable bonds is 5. The Bertz CT molecular complexity index is 457. The van der Waals surface area contributed by atoms with E-state index < -0.39 is 0 Å². The van der Waals surface area contributed by atoms with Crippen LogP contribution in [0.25, 0.3) is 0 Å². The largest absolute Gasteiger partial charge is 0.376 e. The molecular weight excluding hydrogens is 246 g/mol. The summed E-state index contributed by atoms with van der Waals surface area (Å²) in [6.45, 7) is 1.77. The third kappa shape index (κ3) is 2.76. The van der Waals surface area contributed by atoms with Crippen LogP contribution in [0.15, 0.2) is 6.20 Å². The van der Waals surface area contributed by atoms with Crippen molar-refractivity contribution in [1.82, 2.24) is 20.3 Å². The molecule has 7 heteroatoms. The van der Waals surface area contributed by atoms with Gasteiger partial charge >= 0.3 is 0 Å². The molecule has 3 rings (SSSR count). The fourth-order valence-electron chi connectivity index (χ4n) is 2.54. The monoisotopic (exact) mass is 265 g/mol. The molecule has 2 unspecified atom stereocenters. The van der Waals surface area contributed by atoms with Crippen molar-refractivity contribution in [3.63, 3.8) is 0 Å². The van der Waals surface area contributed by atoms with E-state index in [-0.39, 0.29) is 18.1 Å². The Kier molecular flexibility index (Phi) is 3.48. The minimum Gasteiger partial charge on any atom is -0.376 e. The average Bonchev–Trinajstić information content (AvgIpc) is 2.96. The van der Waals surface area contributed by atoms with Crippen LogP contribution >= 0.6 is 0 Å². The number of hydrogen-bond donors (Lipinski definition) is 2. The summed E-state index contributed by atoms with van der Waals surface area (Å²) in [6.07, 6.45) is 5.12. The Labute approximate surface area is 111 Å². The molecular formula is C12H19N5O2. The van der Waals surface area contributed by atoms with Gasteiger partial charge in [0.1, 0.15) is 0 Å². The van der Waals surface area contributed by atoms with Crippen molar-refractivity contribution < 1.29 is 9.53 Å². The van der Waals surface area contributed by atoms with E-state index in [1.807, 2.05) is 0 Å². The second-order valence-corrected chi connectivity index (χ2v) is 5.20. The lowest BCUT2D eigenvalue weighted by Crippen LogP contribution is -2.41. The van der Waals surface area contributed by atoms with E-state index in [0.717, 1.165) is 13.0 Å². The third-order valence-electron chi connectivity index (χ3n) is 3.67. The summed E-state index contributed by atoms with van der Waals surface area (Å²) in [5.74, 6) is 0.449. The summed E-state index contributed by atoms with van der Waals surface area (Å²) >= 11 is 0. The number of hydrogen-bond acceptors (Lipinski definition) is 5. The minimum absolute atomic E-state index is 0.111. The molecule has 0 radical (unpaired) electrons. The first-order valence-corrected chi connectivity index (χ1v) is 6.80. The van der Waals surface area contributed by atoms with Gasteiger partial charge in [-0.25, -0.2) is 0 Å². The van der Waals surface area contributed by atoms with Gasteiger partial charge in [0.15, 0.2) is 5.69 Å². The predicted molar refractivity (Wildman–Crippen MR) is 67.4 cm³/mol. The van der Waals surface area contributed by atoms with E-state index in [0.29, 0.717) is 24.7 Å². The molecule has 1 aromatic rings. The molecule has 3 N–H and O–H groups in total. The van der Waals surface area contributed by atoms with Crippen LogP contribution in [-0.4, -0.2) is 46.2 Å². The molecule has 1 saturated carbocycles. The molecule has 1 aliphatic carbocycles. The van der Waals surface area contributed by atoms with Gasteiger partial charge in [0.25, 0.3) is 5.91 Å². The van der Waals surface area contributed by atoms with Gasteiger partial charge in [0, 0.05) is 13.2 Å². The minimum atomic E-state index is -0.176. The van der Waals surface area contributed by atoms with Gasteiger partial charge in [0.2, 0.25) is 0 Å². The van der Waals surface area contributed by atoms with Gasteiger partial charge in [-0.3, -0.25) is 9.48 Å². The van der Waals surface area contributed by atoms with Crippen LogP contribution < -0.4 is 11.1 Å². The van der Waals surface area contributed by atoms with Crippen LogP contribution in [-0.2, 0) is 11.3 Å². The number of amides is 1. The molecule has 0 spiro atoms. The van der Waals surface area contributed by atoms with Gasteiger partial charge in [-0.2, -0.15) is 0 Å². The standard InChI is InChI=1S/C12H19N5O2/c13-4-5-17-7-10(15-16-17)12(18)14-9-3-6-19-11(9)8-1-2-8/h7-9,11H,1-6,13H2,(H,14,18). The molecule has 2 atom stereocenters. The number of nitrogens with one attached hydrogen (secondary N) is 1. The molecule has 1 amide bonds. The zero-order valence-electron chi connectivity index (χ0n) is 10.8. The van der Waals surface area contributed by atoms with E-state index >= 15 is 0 Å². The van der Waals surface area contributed by atoms with Crippen LogP contribution in [0.4, 0.5) is 0 Å². The topological polar surface area (TPSA) is 95.1 Å². The summed E-state index contributed by atoms with van der Waals surface area (Å²) < 4.78 is 7.28. The van der Waals surface area contributed by atoms with Crippen LogP contribution in [0.1, 0.15) is 29.8 Å². The maximum Gasteiger partial charge on any atom is 0.273 e. The molecule has 0 aromatic carbocycles. The Morgan fingerprint density at radius 1 is 1.53 bits per heavy atom. The highest BCUT2D eigenvalue weighted by Gasteiger charge is 2.41. The van der Waals surface area contributed by atoms with E-state index in [1.165, 1.54) is 12.8 Å². The number of carbonyl (C=O) groups is 1. The molecule has 2 aliphatic rings. The molecule has 7 nitrogen and oxygen atoms in total. The Hall–Kier alpha value is -1.47. The fraction of sp³-hybridized carbons (Fsp3) is 0.750. The van der Waals surface area contributed by atoms with Gasteiger partial charge in [-0.1, -0.05) is 5.21 Å². The first kappa shape index (κ1) is 12.6. The second kappa shape index (κ2) is 5.26. The molecule has 104 valence electrons. The molecule has 1 aliphatic heterocycles. The summed E-state index contributed by atoms with van der Waals surface area (Å²) in [5.41, 5.74) is 5.77. The zero-order chi connectivity index (χ0) is 13.2. The van der Waals surface area contributed by atoms with Crippen molar-refractivity contribution in [2.24, 2.45) is 11.7 Å². The Balaban J connectivity index is 1.60. The number of aromatic nitrogens is 3. The van der Waals surface area contributed by atoms with Gasteiger partial charge < -0.3 is 15.8 Å². The maximum absolute atomic E-state index is 12.1. The van der Waals surface area contributed by atoms with Crippen molar-refractivity contribution in [2.75, 3.05) is 13.2 Å². The highest BCUT2D eigenvalue weighted by atomic mass is 16.5. The van der Waals surface area contributed by atoms with Gasteiger partial charge in [-0.15, -0.1) is 5.10 Å². The maximum atomic E-state index is 12.1. The van der Waals surface area contributed by atoms with Crippen LogP contribution in [0, 0.1) is 5.92 Å². The van der Waals surface area contributed by atoms with Crippen LogP contribution in [0.2, 0.25) is 0 Å². The van der Waals surface area contributed by atoms with E-state index in [1.54, 1.807) is 10.9 Å². The fourth-order valence-corrected chi connectivity index (χ4v) is 2.54. The van der Waals surface area contributed by atoms with Crippen molar-refractivity contribution in [1.29, 1.82) is 0 Å². The Morgan fingerprint density at radius 2 is 2.37 bits per heavy atom. The van der Waals surface area contributed by atoms with E-state index in [9.17, 15) is 4.79 Å². The van der Waals surface area contributed by atoms with Crippen molar-refractivity contribution in [2.45, 2.75) is 38.0 Å².